The average molecular weight is 262 g/mol. The van der Waals surface area contributed by atoms with Crippen molar-refractivity contribution in [2.45, 2.75) is 24.6 Å². The molecule has 0 aromatic heterocycles. The summed E-state index contributed by atoms with van der Waals surface area (Å²) in [6, 6.07) is 5.61. The van der Waals surface area contributed by atoms with E-state index in [0.29, 0.717) is 0 Å². The fourth-order valence-electron chi connectivity index (χ4n) is 1.82. The zero-order valence-corrected chi connectivity index (χ0v) is 10.4. The molecule has 1 aliphatic carbocycles. The summed E-state index contributed by atoms with van der Waals surface area (Å²) in [5.74, 6) is 0. The van der Waals surface area contributed by atoms with Gasteiger partial charge in [0.25, 0.3) is 0 Å². The summed E-state index contributed by atoms with van der Waals surface area (Å²) in [4.78, 5) is 0. The third-order valence-corrected chi connectivity index (χ3v) is 3.68. The molecule has 80 valence electrons. The fraction of sp³-hybridized carbons (Fsp3) is 0.333. The summed E-state index contributed by atoms with van der Waals surface area (Å²) in [5.41, 5.74) is 2.35. The van der Waals surface area contributed by atoms with Crippen LogP contribution < -0.4 is 0 Å². The molecule has 2 rings (SSSR count). The third kappa shape index (κ3) is 2.69. The van der Waals surface area contributed by atoms with Crippen LogP contribution in [0.3, 0.4) is 0 Å². The maximum Gasteiger partial charge on any atom is 0.0521 e. The minimum atomic E-state index is 0.182. The topological polar surface area (TPSA) is 0 Å². The molecule has 0 N–H and O–H groups in total. The largest absolute Gasteiger partial charge is 0.118 e. The molecule has 0 heterocycles. The van der Waals surface area contributed by atoms with Gasteiger partial charge in [0.1, 0.15) is 0 Å². The highest BCUT2D eigenvalue weighted by Crippen LogP contribution is 2.31. The van der Waals surface area contributed by atoms with Gasteiger partial charge >= 0.3 is 0 Å². The smallest absolute Gasteiger partial charge is 0.0521 e. The van der Waals surface area contributed by atoms with Gasteiger partial charge in [0.15, 0.2) is 0 Å². The Morgan fingerprint density at radius 3 is 2.40 bits per heavy atom. The van der Waals surface area contributed by atoms with Crippen LogP contribution in [0.15, 0.2) is 29.8 Å². The van der Waals surface area contributed by atoms with Gasteiger partial charge in [0.05, 0.1) is 5.38 Å². The van der Waals surface area contributed by atoms with E-state index >= 15 is 0 Å². The minimum Gasteiger partial charge on any atom is -0.118 e. The highest BCUT2D eigenvalue weighted by Gasteiger charge is 2.15. The van der Waals surface area contributed by atoms with E-state index < -0.39 is 0 Å². The number of rotatable bonds is 2. The van der Waals surface area contributed by atoms with Gasteiger partial charge in [0.2, 0.25) is 0 Å². The van der Waals surface area contributed by atoms with E-state index in [1.165, 1.54) is 5.57 Å². The van der Waals surface area contributed by atoms with Gasteiger partial charge < -0.3 is 0 Å². The van der Waals surface area contributed by atoms with Crippen molar-refractivity contribution in [1.29, 1.82) is 0 Å². The van der Waals surface area contributed by atoms with Gasteiger partial charge in [-0.2, -0.15) is 0 Å². The lowest BCUT2D eigenvalue weighted by Gasteiger charge is -2.07. The van der Waals surface area contributed by atoms with Crippen molar-refractivity contribution in [1.82, 2.24) is 0 Å². The molecular formula is C12H11Cl3. The maximum absolute atomic E-state index is 6.10. The molecule has 1 unspecified atom stereocenters. The van der Waals surface area contributed by atoms with E-state index in [-0.39, 0.29) is 5.38 Å². The lowest BCUT2D eigenvalue weighted by molar-refractivity contribution is 0.892. The second kappa shape index (κ2) is 4.78. The molecule has 0 nitrogen and oxygen atoms in total. The van der Waals surface area contributed by atoms with Gasteiger partial charge in [-0.3, -0.25) is 0 Å². The van der Waals surface area contributed by atoms with Crippen LogP contribution in [0.25, 0.3) is 0 Å². The van der Waals surface area contributed by atoms with Crippen molar-refractivity contribution in [3.8, 4) is 0 Å². The molecule has 1 atom stereocenters. The number of alkyl halides is 1. The van der Waals surface area contributed by atoms with Crippen molar-refractivity contribution in [3.63, 3.8) is 0 Å². The normalized spacial score (nSPS) is 20.5. The molecule has 0 fully saturated rings. The Hall–Kier alpha value is -0.170. The van der Waals surface area contributed by atoms with Gasteiger partial charge in [-0.05, 0) is 37.0 Å². The molecule has 0 saturated heterocycles. The van der Waals surface area contributed by atoms with Crippen molar-refractivity contribution in [2.24, 2.45) is 0 Å². The van der Waals surface area contributed by atoms with Crippen molar-refractivity contribution in [2.75, 3.05) is 0 Å². The van der Waals surface area contributed by atoms with Gasteiger partial charge in [-0.25, -0.2) is 0 Å². The first-order valence-corrected chi connectivity index (χ1v) is 6.12. The summed E-state index contributed by atoms with van der Waals surface area (Å²) in [6.45, 7) is 0. The molecule has 0 saturated carbocycles. The minimum absolute atomic E-state index is 0.182. The summed E-state index contributed by atoms with van der Waals surface area (Å²) in [7, 11) is 0. The first kappa shape index (κ1) is 11.3. The standard InChI is InChI=1S/C12H11Cl3/c13-9-5-4-8(6-9)7-10-11(14)2-1-3-12(10)15/h1-3,6,9H,4-5,7H2. The van der Waals surface area contributed by atoms with Crippen LogP contribution in [0.4, 0.5) is 0 Å². The van der Waals surface area contributed by atoms with Crippen LogP contribution in [0.2, 0.25) is 10.0 Å². The SMILES string of the molecule is Clc1cccc(Cl)c1CC1=CC(Cl)CC1. The zero-order chi connectivity index (χ0) is 10.8. The predicted molar refractivity (Wildman–Crippen MR) is 67.1 cm³/mol. The number of halogens is 3. The van der Waals surface area contributed by atoms with Gasteiger partial charge in [-0.1, -0.05) is 40.9 Å². The Morgan fingerprint density at radius 2 is 1.87 bits per heavy atom. The van der Waals surface area contributed by atoms with Gasteiger partial charge in [0, 0.05) is 10.0 Å². The molecule has 3 heteroatoms. The highest BCUT2D eigenvalue weighted by molar-refractivity contribution is 6.36. The number of benzene rings is 1. The monoisotopic (exact) mass is 260 g/mol. The average Bonchev–Trinajstić information content (AvgIpc) is 2.58. The van der Waals surface area contributed by atoms with Crippen LogP contribution in [-0.2, 0) is 6.42 Å². The molecule has 0 spiro atoms. The molecule has 0 bridgehead atoms. The van der Waals surface area contributed by atoms with Crippen molar-refractivity contribution >= 4 is 34.8 Å². The second-order valence-corrected chi connectivity index (χ2v) is 5.13. The van der Waals surface area contributed by atoms with Gasteiger partial charge in [-0.15, -0.1) is 11.6 Å². The van der Waals surface area contributed by atoms with Crippen LogP contribution in [-0.4, -0.2) is 5.38 Å². The van der Waals surface area contributed by atoms with Crippen molar-refractivity contribution < 1.29 is 0 Å². The lowest BCUT2D eigenvalue weighted by Crippen LogP contribution is -1.90. The Kier molecular flexibility index (Phi) is 3.60. The molecule has 1 aliphatic rings. The van der Waals surface area contributed by atoms with E-state index in [1.54, 1.807) is 0 Å². The van der Waals surface area contributed by atoms with E-state index in [0.717, 1.165) is 34.9 Å². The number of allylic oxidation sites excluding steroid dienone is 2. The molecule has 1 aromatic rings. The number of hydrogen-bond acceptors (Lipinski definition) is 0. The molecule has 1 aromatic carbocycles. The number of hydrogen-bond donors (Lipinski definition) is 0. The Balaban J connectivity index is 2.21. The van der Waals surface area contributed by atoms with Crippen molar-refractivity contribution in [3.05, 3.63) is 45.5 Å². The molecule has 0 amide bonds. The van der Waals surface area contributed by atoms with Crippen LogP contribution in [0.5, 0.6) is 0 Å². The lowest BCUT2D eigenvalue weighted by atomic mass is 10.0. The third-order valence-electron chi connectivity index (χ3n) is 2.62. The highest BCUT2D eigenvalue weighted by atomic mass is 35.5. The maximum atomic E-state index is 6.10. The summed E-state index contributed by atoms with van der Waals surface area (Å²) >= 11 is 18.2. The Morgan fingerprint density at radius 1 is 1.20 bits per heavy atom. The van der Waals surface area contributed by atoms with Crippen LogP contribution in [0, 0.1) is 0 Å². The summed E-state index contributed by atoms with van der Waals surface area (Å²) < 4.78 is 0. The first-order valence-electron chi connectivity index (χ1n) is 4.93. The summed E-state index contributed by atoms with van der Waals surface area (Å²) in [5, 5.41) is 1.66. The molecule has 0 aliphatic heterocycles. The first-order chi connectivity index (χ1) is 7.16. The fourth-order valence-corrected chi connectivity index (χ4v) is 2.64. The predicted octanol–water partition coefficient (Wildman–Crippen LogP) is 4.86. The molecular weight excluding hydrogens is 250 g/mol. The second-order valence-electron chi connectivity index (χ2n) is 3.76. The van der Waals surface area contributed by atoms with E-state index in [2.05, 4.69) is 6.08 Å². The quantitative estimate of drug-likeness (QED) is 0.527. The zero-order valence-electron chi connectivity index (χ0n) is 8.14. The summed E-state index contributed by atoms with van der Waals surface area (Å²) in [6.07, 6.45) is 5.01. The van der Waals surface area contributed by atoms with E-state index in [1.807, 2.05) is 18.2 Å². The Labute approximate surface area is 105 Å². The molecule has 15 heavy (non-hydrogen) atoms. The van der Waals surface area contributed by atoms with Crippen LogP contribution >= 0.6 is 34.8 Å². The Bertz CT molecular complexity index is 376. The van der Waals surface area contributed by atoms with E-state index in [4.69, 9.17) is 34.8 Å². The van der Waals surface area contributed by atoms with Crippen LogP contribution in [0.1, 0.15) is 18.4 Å². The molecule has 0 radical (unpaired) electrons. The van der Waals surface area contributed by atoms with E-state index in [9.17, 15) is 0 Å².